The van der Waals surface area contributed by atoms with E-state index >= 15 is 0 Å². The number of ketones is 1. The molecule has 1 heterocycles. The largest absolute Gasteiger partial charge is 0.497 e. The first-order chi connectivity index (χ1) is 23.6. The van der Waals surface area contributed by atoms with Crippen molar-refractivity contribution in [3.05, 3.63) is 120 Å². The Morgan fingerprint density at radius 1 is 0.633 bits per heavy atom. The number of ether oxygens (including phenoxy) is 3. The predicted molar refractivity (Wildman–Crippen MR) is 183 cm³/mol. The predicted octanol–water partition coefficient (Wildman–Crippen LogP) is 5.28. The quantitative estimate of drug-likeness (QED) is 0.129. The maximum absolute atomic E-state index is 14.0. The minimum Gasteiger partial charge on any atom is -0.497 e. The summed E-state index contributed by atoms with van der Waals surface area (Å²) in [4.78, 5) is 54.2. The van der Waals surface area contributed by atoms with Crippen LogP contribution in [0.3, 0.4) is 0 Å². The molecule has 0 spiro atoms. The van der Waals surface area contributed by atoms with Crippen LogP contribution in [0.5, 0.6) is 11.5 Å². The average Bonchev–Trinajstić information content (AvgIpc) is 3.66. The molecule has 0 aliphatic rings. The van der Waals surface area contributed by atoms with Crippen LogP contribution < -0.4 is 25.4 Å². The zero-order chi connectivity index (χ0) is 35.2. The molecule has 0 radical (unpaired) electrons. The van der Waals surface area contributed by atoms with Crippen molar-refractivity contribution >= 4 is 23.7 Å². The molecule has 4 rings (SSSR count). The Morgan fingerprint density at radius 2 is 1.16 bits per heavy atom. The van der Waals surface area contributed by atoms with Crippen molar-refractivity contribution in [2.45, 2.75) is 57.8 Å². The number of methoxy groups -OCH3 is 2. The molecular formula is C38H43N3O8. The van der Waals surface area contributed by atoms with Gasteiger partial charge >= 0.3 is 6.09 Å². The van der Waals surface area contributed by atoms with Crippen LogP contribution in [0.1, 0.15) is 47.5 Å². The SMILES string of the molecule is COc1ccc(C[C@H](NC(=O)OCc2ccccc2)C(=O)N[C@@H](Cc2ccc(OC)cc2)C(=O)N[C@@H](CC(C)C)C(=O)c2ccco2)cc1. The number of nitrogens with one attached hydrogen (secondary N) is 3. The van der Waals surface area contributed by atoms with E-state index in [1.54, 1.807) is 74.9 Å². The Labute approximate surface area is 286 Å². The molecule has 3 amide bonds. The molecule has 0 fully saturated rings. The smallest absolute Gasteiger partial charge is 0.408 e. The van der Waals surface area contributed by atoms with Crippen LogP contribution in [-0.2, 0) is 33.8 Å². The number of alkyl carbamates (subject to hydrolysis) is 1. The molecule has 49 heavy (non-hydrogen) atoms. The fourth-order valence-electron chi connectivity index (χ4n) is 5.16. The molecule has 258 valence electrons. The topological polar surface area (TPSA) is 145 Å². The molecule has 4 aromatic rings. The molecule has 3 N–H and O–H groups in total. The molecule has 11 heteroatoms. The lowest BCUT2D eigenvalue weighted by Gasteiger charge is -2.26. The number of amides is 3. The molecule has 11 nitrogen and oxygen atoms in total. The summed E-state index contributed by atoms with van der Waals surface area (Å²) in [5.41, 5.74) is 2.26. The molecule has 0 bridgehead atoms. The van der Waals surface area contributed by atoms with Crippen molar-refractivity contribution in [1.29, 1.82) is 0 Å². The molecular weight excluding hydrogens is 626 g/mol. The maximum atomic E-state index is 14.0. The van der Waals surface area contributed by atoms with Crippen molar-refractivity contribution in [1.82, 2.24) is 16.0 Å². The number of rotatable bonds is 17. The number of carbonyl (C=O) groups is 4. The van der Waals surface area contributed by atoms with E-state index in [0.29, 0.717) is 17.9 Å². The van der Waals surface area contributed by atoms with Crippen LogP contribution in [0.15, 0.2) is 102 Å². The van der Waals surface area contributed by atoms with Crippen molar-refractivity contribution in [3.8, 4) is 11.5 Å². The van der Waals surface area contributed by atoms with Gasteiger partial charge in [0.25, 0.3) is 0 Å². The second-order valence-corrected chi connectivity index (χ2v) is 12.0. The lowest BCUT2D eigenvalue weighted by atomic mass is 9.97. The summed E-state index contributed by atoms with van der Waals surface area (Å²) in [5, 5.41) is 8.36. The molecule has 0 unspecified atom stereocenters. The van der Waals surface area contributed by atoms with E-state index in [4.69, 9.17) is 18.6 Å². The summed E-state index contributed by atoms with van der Waals surface area (Å²) in [5.74, 6) is -0.0904. The Balaban J connectivity index is 1.57. The van der Waals surface area contributed by atoms with E-state index in [0.717, 1.165) is 16.7 Å². The van der Waals surface area contributed by atoms with Gasteiger partial charge in [-0.05, 0) is 65.4 Å². The summed E-state index contributed by atoms with van der Waals surface area (Å²) in [6.07, 6.45) is 1.15. The molecule has 0 saturated heterocycles. The van der Waals surface area contributed by atoms with E-state index in [9.17, 15) is 19.2 Å². The van der Waals surface area contributed by atoms with E-state index in [2.05, 4.69) is 16.0 Å². The highest BCUT2D eigenvalue weighted by atomic mass is 16.5. The average molecular weight is 670 g/mol. The third-order valence-electron chi connectivity index (χ3n) is 7.76. The van der Waals surface area contributed by atoms with Crippen LogP contribution in [-0.4, -0.2) is 56.0 Å². The fraction of sp³-hybridized carbons (Fsp3) is 0.316. The van der Waals surface area contributed by atoms with Crippen LogP contribution in [0.2, 0.25) is 0 Å². The number of Topliss-reactive ketones (excluding diaryl/α,β-unsaturated/α-hetero) is 1. The lowest BCUT2D eigenvalue weighted by Crippen LogP contribution is -2.57. The standard InChI is InChI=1S/C38H43N3O8/c1-25(2)21-31(35(42)34-11-8-20-48-34)39-36(43)32(22-26-12-16-29(46-3)17-13-26)40-37(44)33(23-27-14-18-30(47-4)19-15-27)41-38(45)49-24-28-9-6-5-7-10-28/h5-20,25,31-33H,21-24H2,1-4H3,(H,39,43)(H,40,44)(H,41,45)/t31-,32-,33-/m0/s1. The van der Waals surface area contributed by atoms with Gasteiger partial charge in [0.2, 0.25) is 17.6 Å². The summed E-state index contributed by atoms with van der Waals surface area (Å²) in [6, 6.07) is 23.4. The Morgan fingerprint density at radius 3 is 1.65 bits per heavy atom. The van der Waals surface area contributed by atoms with Crippen molar-refractivity contribution in [2.75, 3.05) is 14.2 Å². The van der Waals surface area contributed by atoms with Gasteiger partial charge in [-0.1, -0.05) is 68.4 Å². The highest BCUT2D eigenvalue weighted by molar-refractivity contribution is 6.01. The van der Waals surface area contributed by atoms with E-state index in [-0.39, 0.29) is 36.9 Å². The van der Waals surface area contributed by atoms with Gasteiger partial charge in [0.1, 0.15) is 30.2 Å². The van der Waals surface area contributed by atoms with Crippen LogP contribution in [0.25, 0.3) is 0 Å². The third kappa shape index (κ3) is 11.3. The van der Waals surface area contributed by atoms with Gasteiger partial charge in [-0.3, -0.25) is 14.4 Å². The summed E-state index contributed by atoms with van der Waals surface area (Å²) >= 11 is 0. The number of carbonyl (C=O) groups excluding carboxylic acids is 4. The summed E-state index contributed by atoms with van der Waals surface area (Å²) < 4.78 is 21.3. The van der Waals surface area contributed by atoms with Gasteiger partial charge in [-0.2, -0.15) is 0 Å². The minimum absolute atomic E-state index is 0.00693. The number of benzene rings is 3. The highest BCUT2D eigenvalue weighted by Gasteiger charge is 2.31. The van der Waals surface area contributed by atoms with Crippen molar-refractivity contribution in [3.63, 3.8) is 0 Å². The summed E-state index contributed by atoms with van der Waals surface area (Å²) in [6.45, 7) is 3.89. The molecule has 0 saturated carbocycles. The number of hydrogen-bond donors (Lipinski definition) is 3. The second-order valence-electron chi connectivity index (χ2n) is 12.0. The summed E-state index contributed by atoms with van der Waals surface area (Å²) in [7, 11) is 3.11. The van der Waals surface area contributed by atoms with Gasteiger partial charge in [0.15, 0.2) is 5.76 Å². The normalized spacial score (nSPS) is 12.7. The van der Waals surface area contributed by atoms with E-state index in [1.807, 2.05) is 44.2 Å². The zero-order valence-corrected chi connectivity index (χ0v) is 28.1. The first kappa shape index (κ1) is 36.3. The van der Waals surface area contributed by atoms with Gasteiger partial charge in [0, 0.05) is 12.8 Å². The van der Waals surface area contributed by atoms with E-state index < -0.39 is 36.0 Å². The number of hydrogen-bond acceptors (Lipinski definition) is 8. The van der Waals surface area contributed by atoms with Crippen LogP contribution >= 0.6 is 0 Å². The molecule has 3 atom stereocenters. The Hall–Kier alpha value is -5.58. The second kappa shape index (κ2) is 18.1. The highest BCUT2D eigenvalue weighted by Crippen LogP contribution is 2.17. The first-order valence-corrected chi connectivity index (χ1v) is 16.1. The monoisotopic (exact) mass is 669 g/mol. The zero-order valence-electron chi connectivity index (χ0n) is 28.1. The molecule has 3 aromatic carbocycles. The van der Waals surface area contributed by atoms with Crippen LogP contribution in [0.4, 0.5) is 4.79 Å². The van der Waals surface area contributed by atoms with E-state index in [1.165, 1.54) is 6.26 Å². The maximum Gasteiger partial charge on any atom is 0.408 e. The first-order valence-electron chi connectivity index (χ1n) is 16.1. The minimum atomic E-state index is -1.11. The lowest BCUT2D eigenvalue weighted by molar-refractivity contribution is -0.130. The van der Waals surface area contributed by atoms with Crippen molar-refractivity contribution in [2.24, 2.45) is 5.92 Å². The Kier molecular flexibility index (Phi) is 13.4. The third-order valence-corrected chi connectivity index (χ3v) is 7.76. The molecule has 1 aromatic heterocycles. The van der Waals surface area contributed by atoms with Crippen LogP contribution in [0, 0.1) is 5.92 Å². The van der Waals surface area contributed by atoms with Gasteiger partial charge in [-0.25, -0.2) is 4.79 Å². The van der Waals surface area contributed by atoms with Gasteiger partial charge < -0.3 is 34.6 Å². The van der Waals surface area contributed by atoms with Gasteiger partial charge in [0.05, 0.1) is 26.5 Å². The number of furan rings is 1. The van der Waals surface area contributed by atoms with Gasteiger partial charge in [-0.15, -0.1) is 0 Å². The fourth-order valence-corrected chi connectivity index (χ4v) is 5.16. The Bertz CT molecular complexity index is 1640. The molecule has 0 aliphatic heterocycles. The molecule has 0 aliphatic carbocycles. The van der Waals surface area contributed by atoms with Crippen molar-refractivity contribution < 1.29 is 37.8 Å².